The Balaban J connectivity index is 2.85. The fourth-order valence-corrected chi connectivity index (χ4v) is 5.07. The van der Waals surface area contributed by atoms with Crippen LogP contribution in [0.15, 0.2) is 0 Å². The van der Waals surface area contributed by atoms with Crippen LogP contribution in [0.1, 0.15) is 20.8 Å². The average molecular weight is 237 g/mol. The minimum atomic E-state index is -1.26. The van der Waals surface area contributed by atoms with Crippen molar-refractivity contribution in [1.82, 2.24) is 14.7 Å². The van der Waals surface area contributed by atoms with Crippen molar-refractivity contribution in [3.63, 3.8) is 0 Å². The summed E-state index contributed by atoms with van der Waals surface area (Å²) in [5.74, 6) is 0. The Morgan fingerprint density at radius 3 is 1.56 bits per heavy atom. The van der Waals surface area contributed by atoms with Crippen LogP contribution in [0.3, 0.4) is 0 Å². The van der Waals surface area contributed by atoms with Gasteiger partial charge in [-0.15, -0.1) is 0 Å². The Labute approximate surface area is 104 Å². The normalized spacial score (nSPS) is 19.5. The van der Waals surface area contributed by atoms with Crippen LogP contribution >= 0.6 is 0 Å². The van der Waals surface area contributed by atoms with Crippen molar-refractivity contribution < 1.29 is 0 Å². The van der Waals surface area contributed by atoms with E-state index in [2.05, 4.69) is 55.1 Å². The first-order chi connectivity index (χ1) is 7.43. The second-order valence-electron chi connectivity index (χ2n) is 5.72. The lowest BCUT2D eigenvalue weighted by Gasteiger charge is -2.49. The van der Waals surface area contributed by atoms with Gasteiger partial charge >= 0.3 is 0 Å². The molecule has 3 nitrogen and oxygen atoms in total. The van der Waals surface area contributed by atoms with Gasteiger partial charge in [0.05, 0.1) is 8.24 Å². The summed E-state index contributed by atoms with van der Waals surface area (Å²) in [5.41, 5.74) is 0. The third-order valence-corrected chi connectivity index (χ3v) is 5.59. The zero-order chi connectivity index (χ0) is 12.3. The van der Waals surface area contributed by atoms with Gasteiger partial charge in [-0.25, -0.2) is 0 Å². The van der Waals surface area contributed by atoms with Crippen LogP contribution in [-0.4, -0.2) is 33.6 Å². The molecule has 1 saturated heterocycles. The quantitative estimate of drug-likeness (QED) is 0.730. The lowest BCUT2D eigenvalue weighted by atomic mass is 9.46. The summed E-state index contributed by atoms with van der Waals surface area (Å²) in [4.78, 5) is 0. The van der Waals surface area contributed by atoms with Gasteiger partial charge in [0.15, 0.2) is 0 Å². The summed E-state index contributed by atoms with van der Waals surface area (Å²) >= 11 is 0. The van der Waals surface area contributed by atoms with Crippen LogP contribution in [0, 0.1) is 0 Å². The van der Waals surface area contributed by atoms with E-state index in [1.54, 1.807) is 0 Å². The summed E-state index contributed by atoms with van der Waals surface area (Å²) in [6.45, 7) is 15.7. The van der Waals surface area contributed by atoms with Gasteiger partial charge in [0.2, 0.25) is 0 Å². The van der Waals surface area contributed by atoms with Crippen LogP contribution in [0.2, 0.25) is 38.6 Å². The Kier molecular flexibility index (Phi) is 5.16. The highest BCUT2D eigenvalue weighted by Crippen LogP contribution is 2.18. The maximum Gasteiger partial charge on any atom is 0.284 e. The van der Waals surface area contributed by atoms with Crippen molar-refractivity contribution in [2.75, 3.05) is 0 Å². The molecule has 0 radical (unpaired) electrons. The average Bonchev–Trinajstić information content (AvgIpc) is 2.25. The molecule has 0 spiro atoms. The zero-order valence-electron chi connectivity index (χ0n) is 11.8. The molecule has 0 bridgehead atoms. The lowest BCUT2D eigenvalue weighted by molar-refractivity contribution is 0.849. The SMILES string of the molecule is CCB1NB(CC)N([Si](C)(C)C)B(CC)N1. The van der Waals surface area contributed by atoms with Gasteiger partial charge in [0.1, 0.15) is 0 Å². The molecule has 1 fully saturated rings. The molecule has 0 unspecified atom stereocenters. The molecule has 2 N–H and O–H groups in total. The van der Waals surface area contributed by atoms with Gasteiger partial charge in [-0.1, -0.05) is 40.4 Å². The Hall–Kier alpha value is 0.292. The smallest absolute Gasteiger partial charge is 0.284 e. The molecule has 0 amide bonds. The maximum atomic E-state index is 3.72. The molecular weight excluding hydrogens is 211 g/mol. The van der Waals surface area contributed by atoms with Crippen LogP contribution < -0.4 is 10.3 Å². The van der Waals surface area contributed by atoms with Crippen molar-refractivity contribution in [2.45, 2.75) is 59.4 Å². The topological polar surface area (TPSA) is 27.3 Å². The van der Waals surface area contributed by atoms with E-state index in [0.29, 0.717) is 20.9 Å². The van der Waals surface area contributed by atoms with Gasteiger partial charge < -0.3 is 14.7 Å². The first-order valence-corrected chi connectivity index (χ1v) is 10.2. The fourth-order valence-electron chi connectivity index (χ4n) is 2.69. The molecule has 0 aromatic rings. The van der Waals surface area contributed by atoms with E-state index in [1.165, 1.54) is 12.6 Å². The van der Waals surface area contributed by atoms with E-state index < -0.39 is 8.24 Å². The van der Waals surface area contributed by atoms with Gasteiger partial charge in [-0.05, 0) is 19.0 Å². The summed E-state index contributed by atoms with van der Waals surface area (Å²) in [6.07, 6.45) is 3.55. The predicted molar refractivity (Wildman–Crippen MR) is 80.2 cm³/mol. The number of nitrogens with one attached hydrogen (secondary N) is 2. The second-order valence-corrected chi connectivity index (χ2v) is 10.6. The maximum absolute atomic E-state index is 3.72. The minimum Gasteiger partial charge on any atom is -0.381 e. The number of rotatable bonds is 4. The van der Waals surface area contributed by atoms with Crippen LogP contribution in [0.4, 0.5) is 0 Å². The van der Waals surface area contributed by atoms with E-state index in [-0.39, 0.29) is 0 Å². The van der Waals surface area contributed by atoms with E-state index >= 15 is 0 Å². The third-order valence-electron chi connectivity index (χ3n) is 3.41. The largest absolute Gasteiger partial charge is 0.381 e. The first kappa shape index (κ1) is 14.4. The zero-order valence-corrected chi connectivity index (χ0v) is 12.8. The highest BCUT2D eigenvalue weighted by atomic mass is 28.3. The molecule has 0 aromatic heterocycles. The van der Waals surface area contributed by atoms with E-state index in [1.807, 2.05) is 0 Å². The molecule has 16 heavy (non-hydrogen) atoms. The van der Waals surface area contributed by atoms with Gasteiger partial charge in [0, 0.05) is 0 Å². The number of hydrogen-bond donors (Lipinski definition) is 2. The molecule has 1 aliphatic rings. The summed E-state index contributed by atoms with van der Waals surface area (Å²) in [7, 11) is -1.26. The summed E-state index contributed by atoms with van der Waals surface area (Å²) in [5, 5.41) is 7.45. The summed E-state index contributed by atoms with van der Waals surface area (Å²) in [6, 6.07) is 0. The fraction of sp³-hybridized carbons (Fsp3) is 1.00. The van der Waals surface area contributed by atoms with E-state index in [4.69, 9.17) is 0 Å². The molecule has 0 atom stereocenters. The Morgan fingerprint density at radius 1 is 0.875 bits per heavy atom. The number of nitrogens with zero attached hydrogens (tertiary/aromatic N) is 1. The monoisotopic (exact) mass is 237 g/mol. The standard InChI is InChI=1S/C9H26B3N3Si/c1-7-10-13-11(8-2)15(16(4,5)6)12(9-3)14-10/h13-14H,7-9H2,1-6H3. The third kappa shape index (κ3) is 3.15. The molecule has 1 aliphatic heterocycles. The first-order valence-electron chi connectivity index (χ1n) is 6.74. The van der Waals surface area contributed by atoms with Gasteiger partial charge in [-0.3, -0.25) is 0 Å². The molecule has 1 heterocycles. The molecule has 1 rings (SSSR count). The molecule has 0 aliphatic carbocycles. The minimum absolute atomic E-state index is 0.488. The van der Waals surface area contributed by atoms with E-state index in [0.717, 1.165) is 6.32 Å². The molecule has 0 aromatic carbocycles. The van der Waals surface area contributed by atoms with Gasteiger partial charge in [-0.2, -0.15) is 0 Å². The van der Waals surface area contributed by atoms with E-state index in [9.17, 15) is 0 Å². The highest BCUT2D eigenvalue weighted by Gasteiger charge is 2.44. The molecule has 90 valence electrons. The Morgan fingerprint density at radius 2 is 1.31 bits per heavy atom. The summed E-state index contributed by atoms with van der Waals surface area (Å²) < 4.78 is 2.72. The molecule has 0 saturated carbocycles. The van der Waals surface area contributed by atoms with Crippen molar-refractivity contribution in [2.24, 2.45) is 0 Å². The lowest BCUT2D eigenvalue weighted by Crippen LogP contribution is -2.79. The van der Waals surface area contributed by atoms with Crippen LogP contribution in [-0.2, 0) is 0 Å². The van der Waals surface area contributed by atoms with Crippen LogP contribution in [0.5, 0.6) is 0 Å². The molecule has 7 heteroatoms. The van der Waals surface area contributed by atoms with Crippen LogP contribution in [0.25, 0.3) is 0 Å². The van der Waals surface area contributed by atoms with Crippen molar-refractivity contribution >= 4 is 29.2 Å². The Bertz CT molecular complexity index is 211. The van der Waals surface area contributed by atoms with Crippen molar-refractivity contribution in [3.8, 4) is 0 Å². The van der Waals surface area contributed by atoms with Crippen molar-refractivity contribution in [1.29, 1.82) is 0 Å². The predicted octanol–water partition coefficient (Wildman–Crippen LogP) is 1.84. The molecular formula is C9H26B3N3Si. The van der Waals surface area contributed by atoms with Crippen molar-refractivity contribution in [3.05, 3.63) is 0 Å². The highest BCUT2D eigenvalue weighted by molar-refractivity contribution is 6.99. The number of hydrogen-bond acceptors (Lipinski definition) is 3. The second kappa shape index (κ2) is 5.76. The van der Waals surface area contributed by atoms with Gasteiger partial charge in [0.25, 0.3) is 20.9 Å².